The van der Waals surface area contributed by atoms with Crippen LogP contribution < -0.4 is 4.74 Å². The van der Waals surface area contributed by atoms with Crippen molar-refractivity contribution in [3.63, 3.8) is 0 Å². The maximum Gasteiger partial charge on any atom is 0.254 e. The first-order valence-electron chi connectivity index (χ1n) is 10.0. The van der Waals surface area contributed by atoms with E-state index in [0.717, 1.165) is 75.5 Å². The van der Waals surface area contributed by atoms with Crippen molar-refractivity contribution < 1.29 is 14.3 Å². The molecule has 0 atom stereocenters. The number of piperidine rings is 1. The number of amides is 1. The lowest BCUT2D eigenvalue weighted by Crippen LogP contribution is -2.50. The largest absolute Gasteiger partial charge is 0.493 e. The van der Waals surface area contributed by atoms with Crippen molar-refractivity contribution in [1.82, 2.24) is 9.80 Å². The zero-order chi connectivity index (χ0) is 18.1. The number of likely N-dealkylation sites (tertiary alicyclic amines) is 1. The lowest BCUT2D eigenvalue weighted by atomic mass is 9.94. The topological polar surface area (TPSA) is 42.0 Å². The van der Waals surface area contributed by atoms with Gasteiger partial charge in [0.25, 0.3) is 5.91 Å². The first kappa shape index (κ1) is 17.8. The van der Waals surface area contributed by atoms with Crippen LogP contribution in [0.4, 0.5) is 0 Å². The molecule has 0 radical (unpaired) electrons. The molecule has 1 aromatic rings. The van der Waals surface area contributed by atoms with Crippen LogP contribution in [-0.4, -0.2) is 67.7 Å². The zero-order valence-corrected chi connectivity index (χ0v) is 16.0. The molecule has 5 nitrogen and oxygen atoms in total. The van der Waals surface area contributed by atoms with Gasteiger partial charge in [0.2, 0.25) is 0 Å². The van der Waals surface area contributed by atoms with Crippen LogP contribution in [0.1, 0.15) is 54.1 Å². The summed E-state index contributed by atoms with van der Waals surface area (Å²) in [6, 6.07) is 4.71. The number of fused-ring (bicyclic) bond motifs is 1. The van der Waals surface area contributed by atoms with E-state index in [1.165, 1.54) is 5.56 Å². The third-order valence-electron chi connectivity index (χ3n) is 6.06. The van der Waals surface area contributed by atoms with Gasteiger partial charge in [-0.05, 0) is 30.4 Å². The third kappa shape index (κ3) is 3.35. The average Bonchev–Trinajstić information content (AvgIpc) is 3.17. The highest BCUT2D eigenvalue weighted by molar-refractivity contribution is 5.97. The summed E-state index contributed by atoms with van der Waals surface area (Å²) in [5, 5.41) is 0. The third-order valence-corrected chi connectivity index (χ3v) is 6.06. The molecule has 0 aromatic heterocycles. The first-order valence-corrected chi connectivity index (χ1v) is 10.0. The summed E-state index contributed by atoms with van der Waals surface area (Å²) in [5.41, 5.74) is 3.20. The smallest absolute Gasteiger partial charge is 0.254 e. The molecular formula is C21H30N2O3. The van der Waals surface area contributed by atoms with Gasteiger partial charge in [0.05, 0.1) is 19.8 Å². The Morgan fingerprint density at radius 3 is 2.50 bits per heavy atom. The van der Waals surface area contributed by atoms with Crippen molar-refractivity contribution >= 4 is 5.91 Å². The van der Waals surface area contributed by atoms with Gasteiger partial charge in [0.1, 0.15) is 5.75 Å². The lowest BCUT2D eigenvalue weighted by Gasteiger charge is -2.40. The van der Waals surface area contributed by atoms with Crippen LogP contribution in [-0.2, 0) is 11.2 Å². The maximum absolute atomic E-state index is 13.2. The van der Waals surface area contributed by atoms with E-state index < -0.39 is 0 Å². The monoisotopic (exact) mass is 358 g/mol. The Hall–Kier alpha value is -1.59. The number of benzene rings is 1. The van der Waals surface area contributed by atoms with Gasteiger partial charge in [-0.15, -0.1) is 0 Å². The Bertz CT molecular complexity index is 659. The van der Waals surface area contributed by atoms with Gasteiger partial charge in [-0.3, -0.25) is 9.69 Å². The van der Waals surface area contributed by atoms with E-state index >= 15 is 0 Å². The summed E-state index contributed by atoms with van der Waals surface area (Å²) < 4.78 is 11.3. The molecule has 1 amide bonds. The number of carbonyl (C=O) groups excluding carboxylic acids is 1. The minimum Gasteiger partial charge on any atom is -0.493 e. The van der Waals surface area contributed by atoms with Gasteiger partial charge in [0, 0.05) is 49.8 Å². The van der Waals surface area contributed by atoms with E-state index in [4.69, 9.17) is 9.47 Å². The number of carbonyl (C=O) groups is 1. The summed E-state index contributed by atoms with van der Waals surface area (Å²) in [7, 11) is 0. The first-order chi connectivity index (χ1) is 12.6. The van der Waals surface area contributed by atoms with E-state index in [2.05, 4.69) is 24.8 Å². The molecule has 3 aliphatic rings. The minimum absolute atomic E-state index is 0.183. The van der Waals surface area contributed by atoms with Crippen molar-refractivity contribution in [3.8, 4) is 5.75 Å². The predicted molar refractivity (Wildman–Crippen MR) is 101 cm³/mol. The fourth-order valence-corrected chi connectivity index (χ4v) is 4.52. The summed E-state index contributed by atoms with van der Waals surface area (Å²) >= 11 is 0. The van der Waals surface area contributed by atoms with E-state index in [1.54, 1.807) is 0 Å². The molecule has 3 heterocycles. The molecule has 4 rings (SSSR count). The molecule has 0 spiro atoms. The normalized spacial score (nSPS) is 21.7. The van der Waals surface area contributed by atoms with Gasteiger partial charge in [-0.1, -0.05) is 19.9 Å². The second kappa shape index (κ2) is 7.57. The van der Waals surface area contributed by atoms with Crippen LogP contribution in [0.25, 0.3) is 0 Å². The quantitative estimate of drug-likeness (QED) is 0.833. The number of ether oxygens (including phenoxy) is 2. The van der Waals surface area contributed by atoms with E-state index in [9.17, 15) is 4.79 Å². The van der Waals surface area contributed by atoms with Crippen molar-refractivity contribution in [3.05, 3.63) is 28.8 Å². The predicted octanol–water partition coefficient (Wildman–Crippen LogP) is 2.68. The SMILES string of the molecule is CC(C)c1ccc(C(=O)N2CCC(N3CCOCC3)CC2)c2c1OCC2. The van der Waals surface area contributed by atoms with Crippen LogP contribution in [0.3, 0.4) is 0 Å². The summed E-state index contributed by atoms with van der Waals surface area (Å²) in [6.07, 6.45) is 2.98. The number of hydrogen-bond acceptors (Lipinski definition) is 4. The number of hydrogen-bond donors (Lipinski definition) is 0. The molecule has 1 aromatic carbocycles. The second-order valence-corrected chi connectivity index (χ2v) is 7.93. The standard InChI is InChI=1S/C21H30N2O3/c1-15(2)17-3-4-19(18-7-12-26-20(17)18)21(24)23-8-5-16(6-9-23)22-10-13-25-14-11-22/h3-4,15-16H,5-14H2,1-2H3. The van der Waals surface area contributed by atoms with Crippen LogP contribution in [0.2, 0.25) is 0 Å². The van der Waals surface area contributed by atoms with Gasteiger partial charge >= 0.3 is 0 Å². The zero-order valence-electron chi connectivity index (χ0n) is 16.0. The van der Waals surface area contributed by atoms with Crippen LogP contribution in [0.15, 0.2) is 12.1 Å². The number of morpholine rings is 1. The van der Waals surface area contributed by atoms with E-state index in [1.807, 2.05) is 11.0 Å². The fraction of sp³-hybridized carbons (Fsp3) is 0.667. The summed E-state index contributed by atoms with van der Waals surface area (Å²) in [5.74, 6) is 1.56. The highest BCUT2D eigenvalue weighted by Gasteiger charge is 2.31. The highest BCUT2D eigenvalue weighted by Crippen LogP contribution is 2.37. The minimum atomic E-state index is 0.183. The molecule has 142 valence electrons. The molecule has 2 saturated heterocycles. The Balaban J connectivity index is 1.45. The van der Waals surface area contributed by atoms with Crippen molar-refractivity contribution in [1.29, 1.82) is 0 Å². The highest BCUT2D eigenvalue weighted by atomic mass is 16.5. The molecular weight excluding hydrogens is 328 g/mol. The summed E-state index contributed by atoms with van der Waals surface area (Å²) in [4.78, 5) is 17.7. The Kier molecular flexibility index (Phi) is 5.18. The molecule has 2 fully saturated rings. The Morgan fingerprint density at radius 1 is 1.08 bits per heavy atom. The number of nitrogens with zero attached hydrogens (tertiary/aromatic N) is 2. The summed E-state index contributed by atoms with van der Waals surface area (Å²) in [6.45, 7) is 10.5. The van der Waals surface area contributed by atoms with Crippen molar-refractivity contribution in [2.24, 2.45) is 0 Å². The Labute approximate surface area is 156 Å². The molecule has 0 unspecified atom stereocenters. The maximum atomic E-state index is 13.2. The van der Waals surface area contributed by atoms with Gasteiger partial charge < -0.3 is 14.4 Å². The molecule has 0 saturated carbocycles. The number of rotatable bonds is 3. The van der Waals surface area contributed by atoms with Gasteiger partial charge in [-0.25, -0.2) is 0 Å². The molecule has 26 heavy (non-hydrogen) atoms. The van der Waals surface area contributed by atoms with E-state index in [0.29, 0.717) is 18.6 Å². The van der Waals surface area contributed by atoms with E-state index in [-0.39, 0.29) is 5.91 Å². The van der Waals surface area contributed by atoms with Gasteiger partial charge in [-0.2, -0.15) is 0 Å². The second-order valence-electron chi connectivity index (χ2n) is 7.93. The fourth-order valence-electron chi connectivity index (χ4n) is 4.52. The van der Waals surface area contributed by atoms with Crippen LogP contribution in [0.5, 0.6) is 5.75 Å². The van der Waals surface area contributed by atoms with Crippen molar-refractivity contribution in [2.75, 3.05) is 46.0 Å². The van der Waals surface area contributed by atoms with Crippen LogP contribution in [0, 0.1) is 0 Å². The van der Waals surface area contributed by atoms with Crippen LogP contribution >= 0.6 is 0 Å². The molecule has 0 N–H and O–H groups in total. The molecule has 0 bridgehead atoms. The lowest BCUT2D eigenvalue weighted by molar-refractivity contribution is 0.00158. The molecule has 0 aliphatic carbocycles. The van der Waals surface area contributed by atoms with Gasteiger partial charge in [0.15, 0.2) is 0 Å². The van der Waals surface area contributed by atoms with Crippen molar-refractivity contribution in [2.45, 2.75) is 45.1 Å². The molecule has 5 heteroatoms. The molecule has 3 aliphatic heterocycles. The Morgan fingerprint density at radius 2 is 1.81 bits per heavy atom. The average molecular weight is 358 g/mol.